The molecule has 6 nitrogen and oxygen atoms in total. The van der Waals surface area contributed by atoms with Gasteiger partial charge in [0.25, 0.3) is 9.05 Å². The Morgan fingerprint density at radius 2 is 2.05 bits per heavy atom. The van der Waals surface area contributed by atoms with Gasteiger partial charge in [0.15, 0.2) is 0 Å². The summed E-state index contributed by atoms with van der Waals surface area (Å²) in [7, 11) is 0.916. The largest absolute Gasteiger partial charge is 0.427 e. The average molecular weight is 316 g/mol. The van der Waals surface area contributed by atoms with E-state index in [1.165, 1.54) is 6.92 Å². The fourth-order valence-electron chi connectivity index (χ4n) is 1.56. The lowest BCUT2D eigenvalue weighted by Gasteiger charge is -2.10. The van der Waals surface area contributed by atoms with E-state index in [1.54, 1.807) is 0 Å². The molecule has 0 saturated carbocycles. The summed E-state index contributed by atoms with van der Waals surface area (Å²) < 4.78 is 50.8. The molecule has 1 aromatic carbocycles. The molecule has 0 aromatic heterocycles. The van der Waals surface area contributed by atoms with Gasteiger partial charge in [0.2, 0.25) is 5.75 Å². The van der Waals surface area contributed by atoms with Gasteiger partial charge in [0.05, 0.1) is 15.4 Å². The Morgan fingerprint density at radius 3 is 2.42 bits per heavy atom. The minimum Gasteiger partial charge on any atom is -0.427 e. The lowest BCUT2D eigenvalue weighted by molar-refractivity contribution is -0.387. The van der Waals surface area contributed by atoms with Crippen molar-refractivity contribution in [1.29, 1.82) is 0 Å². The van der Waals surface area contributed by atoms with Crippen LogP contribution in [0.5, 0.6) is 5.75 Å². The van der Waals surface area contributed by atoms with Crippen molar-refractivity contribution >= 4 is 25.4 Å². The highest BCUT2D eigenvalue weighted by Crippen LogP contribution is 2.37. The van der Waals surface area contributed by atoms with Crippen molar-refractivity contribution in [2.45, 2.75) is 24.9 Å². The van der Waals surface area contributed by atoms with Crippen molar-refractivity contribution in [3.8, 4) is 5.75 Å². The molecule has 106 valence electrons. The minimum atomic E-state index is -4.22. The van der Waals surface area contributed by atoms with Gasteiger partial charge in [-0.3, -0.25) is 10.1 Å². The van der Waals surface area contributed by atoms with Crippen LogP contribution in [0.15, 0.2) is 17.0 Å². The first-order chi connectivity index (χ1) is 8.68. The lowest BCUT2D eigenvalue weighted by Crippen LogP contribution is -2.08. The molecule has 19 heavy (non-hydrogen) atoms. The monoisotopic (exact) mass is 315 g/mol. The van der Waals surface area contributed by atoms with Crippen LogP contribution < -0.4 is 4.74 Å². The zero-order valence-electron chi connectivity index (χ0n) is 9.47. The maximum Gasteiger partial charge on any atom is 0.387 e. The molecule has 0 aliphatic rings. The second-order valence-corrected chi connectivity index (χ2v) is 5.85. The van der Waals surface area contributed by atoms with Crippen molar-refractivity contribution in [3.05, 3.63) is 27.8 Å². The fraction of sp³-hybridized carbons (Fsp3) is 0.333. The molecule has 1 aromatic rings. The molecule has 0 amide bonds. The van der Waals surface area contributed by atoms with Gasteiger partial charge in [0, 0.05) is 10.7 Å². The molecule has 0 aliphatic carbocycles. The molecule has 0 saturated heterocycles. The zero-order chi connectivity index (χ0) is 14.8. The number of alkyl halides is 2. The SMILES string of the molecule is CCc1c(S(=O)(=O)Cl)ccc(OC(F)F)c1[N+](=O)[O-]. The topological polar surface area (TPSA) is 86.5 Å². The summed E-state index contributed by atoms with van der Waals surface area (Å²) in [5.41, 5.74) is -1.11. The van der Waals surface area contributed by atoms with E-state index >= 15 is 0 Å². The van der Waals surface area contributed by atoms with Gasteiger partial charge in [-0.25, -0.2) is 8.42 Å². The Morgan fingerprint density at radius 1 is 1.47 bits per heavy atom. The number of hydrogen-bond donors (Lipinski definition) is 0. The molecule has 1 rings (SSSR count). The molecule has 0 bridgehead atoms. The number of nitro groups is 1. The first kappa shape index (κ1) is 15.6. The highest BCUT2D eigenvalue weighted by Gasteiger charge is 2.29. The molecular formula is C9H8ClF2NO5S. The van der Waals surface area contributed by atoms with Crippen molar-refractivity contribution in [3.63, 3.8) is 0 Å². The number of hydrogen-bond acceptors (Lipinski definition) is 5. The maximum atomic E-state index is 12.1. The van der Waals surface area contributed by atoms with Crippen molar-refractivity contribution in [2.24, 2.45) is 0 Å². The number of ether oxygens (including phenoxy) is 1. The van der Waals surface area contributed by atoms with E-state index < -0.39 is 36.9 Å². The number of nitro benzene ring substituents is 1. The van der Waals surface area contributed by atoms with E-state index in [9.17, 15) is 27.3 Å². The summed E-state index contributed by atoms with van der Waals surface area (Å²) in [6, 6.07) is 1.67. The van der Waals surface area contributed by atoms with Gasteiger partial charge in [-0.1, -0.05) is 6.92 Å². The number of benzene rings is 1. The van der Waals surface area contributed by atoms with Crippen LogP contribution in [0.3, 0.4) is 0 Å². The van der Waals surface area contributed by atoms with Crippen LogP contribution >= 0.6 is 10.7 Å². The van der Waals surface area contributed by atoms with Gasteiger partial charge in [-0.05, 0) is 18.6 Å². The molecular weight excluding hydrogens is 308 g/mol. The van der Waals surface area contributed by atoms with Crippen LogP contribution in [0.4, 0.5) is 14.5 Å². The first-order valence-corrected chi connectivity index (χ1v) is 7.19. The Hall–Kier alpha value is -1.48. The summed E-state index contributed by atoms with van der Waals surface area (Å²) in [6.07, 6.45) is -0.0853. The minimum absolute atomic E-state index is 0.0853. The lowest BCUT2D eigenvalue weighted by atomic mass is 10.1. The predicted molar refractivity (Wildman–Crippen MR) is 62.1 cm³/mol. The van der Waals surface area contributed by atoms with E-state index in [1.807, 2.05) is 0 Å². The molecule has 0 fully saturated rings. The van der Waals surface area contributed by atoms with Crippen LogP contribution in [0.1, 0.15) is 12.5 Å². The molecule has 0 aliphatic heterocycles. The summed E-state index contributed by atoms with van der Waals surface area (Å²) in [6.45, 7) is -1.83. The Kier molecular flexibility index (Phi) is 4.64. The predicted octanol–water partition coefficient (Wildman–Crippen LogP) is 2.69. The fourth-order valence-corrected chi connectivity index (χ4v) is 2.76. The third kappa shape index (κ3) is 3.51. The maximum absolute atomic E-state index is 12.1. The standard InChI is InChI=1S/C9H8ClF2NO5S/c1-2-5-7(19(10,16)17)4-3-6(18-9(11)12)8(5)13(14)15/h3-4,9H,2H2,1H3. The molecule has 0 N–H and O–H groups in total. The molecule has 0 unspecified atom stereocenters. The second-order valence-electron chi connectivity index (χ2n) is 3.32. The highest BCUT2D eigenvalue weighted by atomic mass is 35.7. The quantitative estimate of drug-likeness (QED) is 0.473. The summed E-state index contributed by atoms with van der Waals surface area (Å²) >= 11 is 0. The van der Waals surface area contributed by atoms with Crippen LogP contribution in [0.2, 0.25) is 0 Å². The normalized spacial score (nSPS) is 11.6. The van der Waals surface area contributed by atoms with E-state index in [4.69, 9.17) is 10.7 Å². The second kappa shape index (κ2) is 5.66. The molecule has 10 heteroatoms. The highest BCUT2D eigenvalue weighted by molar-refractivity contribution is 8.13. The van der Waals surface area contributed by atoms with Crippen LogP contribution in [0, 0.1) is 10.1 Å². The van der Waals surface area contributed by atoms with Crippen LogP contribution in [-0.4, -0.2) is 20.0 Å². The summed E-state index contributed by atoms with van der Waals surface area (Å²) in [5, 5.41) is 10.9. The van der Waals surface area contributed by atoms with Crippen LogP contribution in [-0.2, 0) is 15.5 Å². The number of halogens is 3. The summed E-state index contributed by atoms with van der Waals surface area (Å²) in [4.78, 5) is 9.43. The van der Waals surface area contributed by atoms with E-state index in [-0.39, 0.29) is 12.0 Å². The summed E-state index contributed by atoms with van der Waals surface area (Å²) in [5.74, 6) is -0.707. The zero-order valence-corrected chi connectivity index (χ0v) is 11.0. The molecule has 0 spiro atoms. The van der Waals surface area contributed by atoms with Gasteiger partial charge in [0.1, 0.15) is 0 Å². The van der Waals surface area contributed by atoms with Gasteiger partial charge < -0.3 is 4.74 Å². The van der Waals surface area contributed by atoms with Gasteiger partial charge in [-0.15, -0.1) is 0 Å². The van der Waals surface area contributed by atoms with Gasteiger partial charge >= 0.3 is 12.3 Å². The number of rotatable bonds is 5. The molecule has 0 heterocycles. The molecule has 0 radical (unpaired) electrons. The van der Waals surface area contributed by atoms with Crippen molar-refractivity contribution in [2.75, 3.05) is 0 Å². The van der Waals surface area contributed by atoms with Crippen molar-refractivity contribution in [1.82, 2.24) is 0 Å². The smallest absolute Gasteiger partial charge is 0.387 e. The third-order valence-electron chi connectivity index (χ3n) is 2.22. The average Bonchev–Trinajstić information content (AvgIpc) is 2.25. The van der Waals surface area contributed by atoms with E-state index in [0.717, 1.165) is 12.1 Å². The Balaban J connectivity index is 3.61. The first-order valence-electron chi connectivity index (χ1n) is 4.88. The number of nitrogens with zero attached hydrogens (tertiary/aromatic N) is 1. The van der Waals surface area contributed by atoms with Crippen LogP contribution in [0.25, 0.3) is 0 Å². The van der Waals surface area contributed by atoms with Gasteiger partial charge in [-0.2, -0.15) is 8.78 Å². The van der Waals surface area contributed by atoms with E-state index in [0.29, 0.717) is 0 Å². The molecule has 0 atom stereocenters. The third-order valence-corrected chi connectivity index (χ3v) is 3.62. The Bertz CT molecular complexity index is 605. The van der Waals surface area contributed by atoms with E-state index in [2.05, 4.69) is 4.74 Å². The Labute approximate surface area is 111 Å². The van der Waals surface area contributed by atoms with Crippen molar-refractivity contribution < 1.29 is 26.9 Å².